The molecule has 2 aromatic carbocycles. The zero-order chi connectivity index (χ0) is 14.9. The van der Waals surface area contributed by atoms with Gasteiger partial charge in [0.05, 0.1) is 6.61 Å². The summed E-state index contributed by atoms with van der Waals surface area (Å²) >= 11 is 7.77. The highest BCUT2D eigenvalue weighted by molar-refractivity contribution is 7.98. The Morgan fingerprint density at radius 3 is 2.62 bits per heavy atom. The number of hydrogen-bond donors (Lipinski definition) is 1. The molecule has 0 bridgehead atoms. The molecule has 0 aliphatic heterocycles. The van der Waals surface area contributed by atoms with Gasteiger partial charge in [0, 0.05) is 17.3 Å². The summed E-state index contributed by atoms with van der Waals surface area (Å²) < 4.78 is 5.73. The quantitative estimate of drug-likeness (QED) is 0.727. The average molecular weight is 322 g/mol. The lowest BCUT2D eigenvalue weighted by molar-refractivity contribution is 0.318. The van der Waals surface area contributed by atoms with E-state index in [-0.39, 0.29) is 0 Å². The molecule has 4 heteroatoms. The molecule has 0 saturated carbocycles. The first-order chi connectivity index (χ1) is 10.3. The summed E-state index contributed by atoms with van der Waals surface area (Å²) in [4.78, 5) is 0. The van der Waals surface area contributed by atoms with Crippen LogP contribution in [0.5, 0.6) is 5.75 Å². The van der Waals surface area contributed by atoms with E-state index in [4.69, 9.17) is 22.1 Å². The maximum atomic E-state index is 5.86. The molecule has 2 N–H and O–H groups in total. The minimum absolute atomic E-state index is 0.550. The first-order valence-electron chi connectivity index (χ1n) is 7.02. The summed E-state index contributed by atoms with van der Waals surface area (Å²) in [6, 6.07) is 16.0. The van der Waals surface area contributed by atoms with Gasteiger partial charge >= 0.3 is 0 Å². The maximum Gasteiger partial charge on any atom is 0.119 e. The summed E-state index contributed by atoms with van der Waals surface area (Å²) in [5.41, 5.74) is 8.02. The minimum atomic E-state index is 0.550. The second-order valence-electron chi connectivity index (χ2n) is 4.73. The van der Waals surface area contributed by atoms with Crippen molar-refractivity contribution in [2.45, 2.75) is 18.7 Å². The van der Waals surface area contributed by atoms with E-state index in [1.807, 2.05) is 48.2 Å². The van der Waals surface area contributed by atoms with Crippen molar-refractivity contribution in [3.8, 4) is 5.75 Å². The maximum absolute atomic E-state index is 5.86. The Morgan fingerprint density at radius 1 is 1.05 bits per heavy atom. The molecule has 0 heterocycles. The Morgan fingerprint density at radius 2 is 1.86 bits per heavy atom. The molecule has 21 heavy (non-hydrogen) atoms. The summed E-state index contributed by atoms with van der Waals surface area (Å²) in [7, 11) is 0. The van der Waals surface area contributed by atoms with Gasteiger partial charge in [-0.25, -0.2) is 0 Å². The molecular formula is C17H20ClNOS. The van der Waals surface area contributed by atoms with Gasteiger partial charge in [0.15, 0.2) is 0 Å². The van der Waals surface area contributed by atoms with Crippen LogP contribution >= 0.6 is 23.4 Å². The molecule has 0 saturated heterocycles. The molecule has 0 aliphatic rings. The number of rotatable bonds is 8. The number of halogens is 1. The third kappa shape index (κ3) is 6.00. The Hall–Kier alpha value is -1.16. The lowest BCUT2D eigenvalue weighted by atomic mass is 10.2. The zero-order valence-corrected chi connectivity index (χ0v) is 13.5. The topological polar surface area (TPSA) is 35.2 Å². The van der Waals surface area contributed by atoms with Crippen molar-refractivity contribution in [2.24, 2.45) is 5.73 Å². The molecule has 112 valence electrons. The van der Waals surface area contributed by atoms with Gasteiger partial charge in [-0.05, 0) is 47.6 Å². The molecule has 2 rings (SSSR count). The SMILES string of the molecule is NCc1cccc(OCCCSCc2ccc(Cl)cc2)c1. The van der Waals surface area contributed by atoms with Crippen LogP contribution < -0.4 is 10.5 Å². The molecule has 0 unspecified atom stereocenters. The molecule has 0 aromatic heterocycles. The van der Waals surface area contributed by atoms with Crippen LogP contribution in [0.25, 0.3) is 0 Å². The second-order valence-corrected chi connectivity index (χ2v) is 6.27. The van der Waals surface area contributed by atoms with Crippen molar-refractivity contribution >= 4 is 23.4 Å². The van der Waals surface area contributed by atoms with Gasteiger partial charge in [-0.3, -0.25) is 0 Å². The van der Waals surface area contributed by atoms with Crippen molar-refractivity contribution in [1.82, 2.24) is 0 Å². The summed E-state index contributed by atoms with van der Waals surface area (Å²) in [5.74, 6) is 3.00. The van der Waals surface area contributed by atoms with Gasteiger partial charge < -0.3 is 10.5 Å². The number of hydrogen-bond acceptors (Lipinski definition) is 3. The first kappa shape index (κ1) is 16.2. The van der Waals surface area contributed by atoms with Crippen LogP contribution in [0.4, 0.5) is 0 Å². The standard InChI is InChI=1S/C17H20ClNOS/c18-16-7-5-14(6-8-16)13-21-10-2-9-20-17-4-1-3-15(11-17)12-19/h1,3-8,11H,2,9-10,12-13,19H2. The molecule has 0 aliphatic carbocycles. The van der Waals surface area contributed by atoms with E-state index in [9.17, 15) is 0 Å². The van der Waals surface area contributed by atoms with E-state index in [2.05, 4.69) is 12.1 Å². The number of ether oxygens (including phenoxy) is 1. The van der Waals surface area contributed by atoms with Gasteiger partial charge in [-0.1, -0.05) is 35.9 Å². The number of thioether (sulfide) groups is 1. The van der Waals surface area contributed by atoms with Crippen LogP contribution in [0.2, 0.25) is 5.02 Å². The smallest absolute Gasteiger partial charge is 0.119 e. The van der Waals surface area contributed by atoms with E-state index in [1.54, 1.807) is 0 Å². The second kappa shape index (κ2) is 8.98. The average Bonchev–Trinajstić information content (AvgIpc) is 2.52. The lowest BCUT2D eigenvalue weighted by Gasteiger charge is -2.07. The first-order valence-corrected chi connectivity index (χ1v) is 8.55. The van der Waals surface area contributed by atoms with Crippen molar-refractivity contribution in [1.29, 1.82) is 0 Å². The normalized spacial score (nSPS) is 10.6. The van der Waals surface area contributed by atoms with Gasteiger partial charge in [-0.2, -0.15) is 11.8 Å². The fourth-order valence-electron chi connectivity index (χ4n) is 1.88. The van der Waals surface area contributed by atoms with Gasteiger partial charge in [0.25, 0.3) is 0 Å². The largest absolute Gasteiger partial charge is 0.494 e. The van der Waals surface area contributed by atoms with Gasteiger partial charge in [-0.15, -0.1) is 0 Å². The molecule has 0 radical (unpaired) electrons. The van der Waals surface area contributed by atoms with Crippen molar-refractivity contribution in [3.05, 3.63) is 64.7 Å². The van der Waals surface area contributed by atoms with E-state index in [0.717, 1.165) is 40.9 Å². The van der Waals surface area contributed by atoms with Crippen LogP contribution in [-0.2, 0) is 12.3 Å². The van der Waals surface area contributed by atoms with Gasteiger partial charge in [0.1, 0.15) is 5.75 Å². The van der Waals surface area contributed by atoms with Crippen LogP contribution in [0, 0.1) is 0 Å². The fraction of sp³-hybridized carbons (Fsp3) is 0.294. The zero-order valence-electron chi connectivity index (χ0n) is 11.9. The van der Waals surface area contributed by atoms with Crippen LogP contribution in [0.3, 0.4) is 0 Å². The van der Waals surface area contributed by atoms with Crippen molar-refractivity contribution in [2.75, 3.05) is 12.4 Å². The molecule has 0 spiro atoms. The van der Waals surface area contributed by atoms with Crippen LogP contribution in [0.1, 0.15) is 17.5 Å². The van der Waals surface area contributed by atoms with E-state index in [0.29, 0.717) is 6.54 Å². The Bertz CT molecular complexity index is 545. The highest BCUT2D eigenvalue weighted by Crippen LogP contribution is 2.17. The van der Waals surface area contributed by atoms with Gasteiger partial charge in [0.2, 0.25) is 0 Å². The van der Waals surface area contributed by atoms with Crippen LogP contribution in [0.15, 0.2) is 48.5 Å². The molecule has 0 amide bonds. The highest BCUT2D eigenvalue weighted by Gasteiger charge is 1.97. The third-order valence-corrected chi connectivity index (χ3v) is 4.38. The molecule has 0 fully saturated rings. The molecule has 2 aromatic rings. The van der Waals surface area contributed by atoms with E-state index < -0.39 is 0 Å². The molecule has 2 nitrogen and oxygen atoms in total. The summed E-state index contributed by atoms with van der Waals surface area (Å²) in [5, 5.41) is 0.789. The highest BCUT2D eigenvalue weighted by atomic mass is 35.5. The summed E-state index contributed by atoms with van der Waals surface area (Å²) in [6.45, 7) is 1.29. The number of benzene rings is 2. The molecular weight excluding hydrogens is 302 g/mol. The Kier molecular flexibility index (Phi) is 6.93. The fourth-order valence-corrected chi connectivity index (χ4v) is 2.90. The van der Waals surface area contributed by atoms with E-state index >= 15 is 0 Å². The monoisotopic (exact) mass is 321 g/mol. The van der Waals surface area contributed by atoms with Crippen molar-refractivity contribution in [3.63, 3.8) is 0 Å². The molecule has 0 atom stereocenters. The predicted octanol–water partition coefficient (Wildman–Crippen LogP) is 4.50. The Labute approximate surface area is 135 Å². The van der Waals surface area contributed by atoms with Crippen molar-refractivity contribution < 1.29 is 4.74 Å². The number of nitrogens with two attached hydrogens (primary N) is 1. The minimum Gasteiger partial charge on any atom is -0.494 e. The van der Waals surface area contributed by atoms with E-state index in [1.165, 1.54) is 5.56 Å². The predicted molar refractivity (Wildman–Crippen MR) is 92.1 cm³/mol. The summed E-state index contributed by atoms with van der Waals surface area (Å²) in [6.07, 6.45) is 1.03. The third-order valence-electron chi connectivity index (χ3n) is 3.02. The van der Waals surface area contributed by atoms with Crippen LogP contribution in [-0.4, -0.2) is 12.4 Å². The Balaban J connectivity index is 1.60. The lowest BCUT2D eigenvalue weighted by Crippen LogP contribution is -2.01.